The second-order valence-corrected chi connectivity index (χ2v) is 19.4. The van der Waals surface area contributed by atoms with Gasteiger partial charge in [0.1, 0.15) is 18.3 Å². The summed E-state index contributed by atoms with van der Waals surface area (Å²) in [6.07, 6.45) is 0.0579. The molecular formula is C39H61NO10. The van der Waals surface area contributed by atoms with Crippen LogP contribution in [0.2, 0.25) is 0 Å². The van der Waals surface area contributed by atoms with Crippen LogP contribution in [-0.4, -0.2) is 101 Å². The molecule has 5 aliphatic carbocycles. The molecule has 11 nitrogen and oxygen atoms in total. The Hall–Kier alpha value is -1.60. The topological polar surface area (TPSA) is 175 Å². The molecule has 0 radical (unpaired) electrons. The molecule has 0 spiro atoms. The number of aliphatic hydroxyl groups is 3. The number of fused-ring (bicyclic) bond motifs is 5. The number of aliphatic hydroxyl groups excluding tert-OH is 3. The number of piperidine rings is 1. The summed E-state index contributed by atoms with van der Waals surface area (Å²) in [6.45, 7) is 17.6. The maximum atomic E-state index is 13.7. The van der Waals surface area contributed by atoms with Crippen molar-refractivity contribution in [1.82, 2.24) is 5.32 Å². The van der Waals surface area contributed by atoms with Crippen LogP contribution in [0.3, 0.4) is 0 Å². The van der Waals surface area contributed by atoms with Gasteiger partial charge in [0.2, 0.25) is 0 Å². The molecule has 2 heterocycles. The molecule has 4 saturated carbocycles. The van der Waals surface area contributed by atoms with Crippen LogP contribution in [0.5, 0.6) is 0 Å². The van der Waals surface area contributed by atoms with E-state index in [1.54, 1.807) is 7.11 Å². The highest BCUT2D eigenvalue weighted by atomic mass is 16.7. The fraction of sp³-hybridized carbons (Fsp3) is 0.897. The van der Waals surface area contributed by atoms with E-state index < -0.39 is 48.1 Å². The number of hydrogen-bond acceptors (Lipinski definition) is 9. The SMILES string of the molecule is COC[C@@H]1CC(C)(C)[C@H]2NC[C@@H]3C[C@]4(C)C(=CC[C@@H]5[C@@]6(C)CC[C@H](O[C@@H]7O[C@H](C(=O)O)[C@@H](O)[C@H](O)[C@H]7O)C(C)(C)[C@@H]6CC[C@]54C)[C@H]2[C@]13C(=O)O. The van der Waals surface area contributed by atoms with Gasteiger partial charge in [-0.15, -0.1) is 0 Å². The molecule has 16 atom stereocenters. The lowest BCUT2D eigenvalue weighted by Crippen LogP contribution is -2.76. The number of rotatable bonds is 6. The predicted molar refractivity (Wildman–Crippen MR) is 183 cm³/mol. The van der Waals surface area contributed by atoms with Gasteiger partial charge in [-0.25, -0.2) is 4.79 Å². The Bertz CT molecular complexity index is 1430. The first kappa shape index (κ1) is 36.7. The normalized spacial score (nSPS) is 53.2. The van der Waals surface area contributed by atoms with Gasteiger partial charge in [0, 0.05) is 19.1 Å². The Morgan fingerprint density at radius 2 is 1.64 bits per heavy atom. The van der Waals surface area contributed by atoms with Crippen LogP contribution in [0.15, 0.2) is 11.6 Å². The largest absolute Gasteiger partial charge is 0.481 e. The summed E-state index contributed by atoms with van der Waals surface area (Å²) in [7, 11) is 1.70. The molecule has 0 aromatic heterocycles. The fourth-order valence-corrected chi connectivity index (χ4v) is 14.3. The van der Waals surface area contributed by atoms with Gasteiger partial charge in [0.15, 0.2) is 12.4 Å². The van der Waals surface area contributed by atoms with Crippen molar-refractivity contribution in [2.45, 2.75) is 136 Å². The van der Waals surface area contributed by atoms with Crippen LogP contribution >= 0.6 is 0 Å². The van der Waals surface area contributed by atoms with Gasteiger partial charge in [0.25, 0.3) is 0 Å². The lowest BCUT2D eigenvalue weighted by molar-refractivity contribution is -0.324. The van der Waals surface area contributed by atoms with E-state index >= 15 is 0 Å². The summed E-state index contributed by atoms with van der Waals surface area (Å²) in [5, 5.41) is 56.2. The zero-order valence-corrected chi connectivity index (χ0v) is 31.1. The van der Waals surface area contributed by atoms with E-state index in [2.05, 4.69) is 59.9 Å². The van der Waals surface area contributed by atoms with Gasteiger partial charge in [-0.05, 0) is 102 Å². The minimum Gasteiger partial charge on any atom is -0.481 e. The van der Waals surface area contributed by atoms with Crippen molar-refractivity contribution in [1.29, 1.82) is 0 Å². The first-order valence-electron chi connectivity index (χ1n) is 19.0. The predicted octanol–water partition coefficient (Wildman–Crippen LogP) is 3.83. The van der Waals surface area contributed by atoms with Gasteiger partial charge >= 0.3 is 11.9 Å². The van der Waals surface area contributed by atoms with E-state index in [0.29, 0.717) is 25.5 Å². The molecule has 0 aromatic rings. The maximum Gasteiger partial charge on any atom is 0.335 e. The van der Waals surface area contributed by atoms with Crippen LogP contribution in [0.25, 0.3) is 0 Å². The number of nitrogens with one attached hydrogen (secondary N) is 1. The van der Waals surface area contributed by atoms with Crippen molar-refractivity contribution in [3.8, 4) is 0 Å². The summed E-state index contributed by atoms with van der Waals surface area (Å²) >= 11 is 0. The average molecular weight is 704 g/mol. The minimum atomic E-state index is -1.76. The van der Waals surface area contributed by atoms with Crippen LogP contribution in [0.4, 0.5) is 0 Å². The summed E-state index contributed by atoms with van der Waals surface area (Å²) in [5.74, 6) is -1.63. The van der Waals surface area contributed by atoms with Gasteiger partial charge in [-0.3, -0.25) is 4.79 Å². The molecule has 11 heteroatoms. The Balaban J connectivity index is 1.22. The van der Waals surface area contributed by atoms with Gasteiger partial charge in [-0.2, -0.15) is 0 Å². The monoisotopic (exact) mass is 703 g/mol. The minimum absolute atomic E-state index is 0.00764. The Morgan fingerprint density at radius 1 is 0.940 bits per heavy atom. The van der Waals surface area contributed by atoms with Crippen molar-refractivity contribution in [2.75, 3.05) is 20.3 Å². The third-order valence-electron chi connectivity index (χ3n) is 16.7. The molecular weight excluding hydrogens is 642 g/mol. The number of carbonyl (C=O) groups is 2. The zero-order valence-electron chi connectivity index (χ0n) is 31.1. The van der Waals surface area contributed by atoms with Gasteiger partial charge in [-0.1, -0.05) is 60.1 Å². The van der Waals surface area contributed by atoms with Crippen LogP contribution in [-0.2, 0) is 23.8 Å². The van der Waals surface area contributed by atoms with Crippen molar-refractivity contribution in [2.24, 2.45) is 62.1 Å². The Kier molecular flexibility index (Phi) is 8.60. The molecule has 6 fully saturated rings. The molecule has 0 aromatic carbocycles. The molecule has 0 amide bonds. The highest BCUT2D eigenvalue weighted by Crippen LogP contribution is 2.77. The molecule has 7 rings (SSSR count). The third-order valence-corrected chi connectivity index (χ3v) is 16.7. The zero-order chi connectivity index (χ0) is 36.6. The number of allylic oxidation sites excluding steroid dienone is 1. The molecule has 282 valence electrons. The first-order chi connectivity index (χ1) is 23.2. The number of carboxylic acid groups (broad SMARTS) is 2. The van der Waals surface area contributed by atoms with Crippen molar-refractivity contribution in [3.05, 3.63) is 11.6 Å². The highest BCUT2D eigenvalue weighted by Gasteiger charge is 2.75. The molecule has 2 saturated heterocycles. The molecule has 4 bridgehead atoms. The van der Waals surface area contributed by atoms with Crippen LogP contribution < -0.4 is 5.32 Å². The average Bonchev–Trinajstić information content (AvgIpc) is 3.01. The second kappa shape index (κ2) is 11.7. The van der Waals surface area contributed by atoms with Crippen molar-refractivity contribution in [3.63, 3.8) is 0 Å². The molecule has 0 unspecified atom stereocenters. The van der Waals surface area contributed by atoms with E-state index in [1.165, 1.54) is 5.57 Å². The fourth-order valence-electron chi connectivity index (χ4n) is 14.3. The van der Waals surface area contributed by atoms with E-state index in [4.69, 9.17) is 14.2 Å². The second-order valence-electron chi connectivity index (χ2n) is 19.4. The smallest absolute Gasteiger partial charge is 0.335 e. The number of carboxylic acids is 2. The summed E-state index contributed by atoms with van der Waals surface area (Å²) in [5.41, 5.74) is -0.210. The lowest BCUT2D eigenvalue weighted by atomic mass is 9.30. The molecule has 6 N–H and O–H groups in total. The Morgan fingerprint density at radius 3 is 2.28 bits per heavy atom. The molecule has 50 heavy (non-hydrogen) atoms. The Labute approximate surface area is 296 Å². The number of methoxy groups -OCH3 is 1. The van der Waals surface area contributed by atoms with Crippen molar-refractivity contribution < 1.29 is 49.3 Å². The van der Waals surface area contributed by atoms with E-state index in [9.17, 15) is 35.1 Å². The molecule has 2 aliphatic heterocycles. The van der Waals surface area contributed by atoms with E-state index in [0.717, 1.165) is 38.5 Å². The maximum absolute atomic E-state index is 13.7. The summed E-state index contributed by atoms with van der Waals surface area (Å²) < 4.78 is 17.7. The van der Waals surface area contributed by atoms with E-state index in [1.807, 2.05) is 0 Å². The van der Waals surface area contributed by atoms with Gasteiger partial charge < -0.3 is 45.1 Å². The van der Waals surface area contributed by atoms with Crippen LogP contribution in [0, 0.1) is 62.1 Å². The third kappa shape index (κ3) is 4.59. The summed E-state index contributed by atoms with van der Waals surface area (Å²) in [6, 6.07) is 0.0742. The number of ether oxygens (including phenoxy) is 3. The first-order valence-corrected chi connectivity index (χ1v) is 19.0. The number of hydrogen-bond donors (Lipinski definition) is 6. The summed E-state index contributed by atoms with van der Waals surface area (Å²) in [4.78, 5) is 25.5. The lowest BCUT2D eigenvalue weighted by Gasteiger charge is -2.74. The standard InChI is InChI=1S/C39H61NO10/c1-34(2)15-20(18-48-8)39(33(46)47)19-16-38(7)21(25(39)30(34)40-17-19)9-10-23-36(5)13-12-24(35(3,4)22(36)11-14-37(23,38)6)49-32-28(43)26(41)27(42)29(50-32)31(44)45/h9,19-20,22-30,32,40-43H,10-18H2,1-8H3,(H,44,45)(H,46,47)/t19-,20-,22-,23+,24-,25+,26-,27-,28+,29-,30-,32+,36-,37+,38+,39+/m0/s1. The highest BCUT2D eigenvalue weighted by molar-refractivity contribution is 5.78. The molecule has 7 aliphatic rings. The van der Waals surface area contributed by atoms with Gasteiger partial charge in [0.05, 0.1) is 18.1 Å². The van der Waals surface area contributed by atoms with Crippen LogP contribution in [0.1, 0.15) is 93.4 Å². The number of aliphatic carboxylic acids is 2. The van der Waals surface area contributed by atoms with E-state index in [-0.39, 0.29) is 62.9 Å². The van der Waals surface area contributed by atoms with Crippen molar-refractivity contribution >= 4 is 11.9 Å². The quantitative estimate of drug-likeness (QED) is 0.175.